The molecule has 0 aliphatic heterocycles. The quantitative estimate of drug-likeness (QED) is 0.715. The van der Waals surface area contributed by atoms with E-state index < -0.39 is 9.05 Å². The lowest BCUT2D eigenvalue weighted by molar-refractivity contribution is 0.609. The molecule has 0 heterocycles. The molecule has 0 aliphatic carbocycles. The van der Waals surface area contributed by atoms with Gasteiger partial charge in [0.15, 0.2) is 0 Å². The molecular weight excluding hydrogens is 208 g/mol. The Balaban J connectivity index is 3.36. The van der Waals surface area contributed by atoms with Crippen molar-refractivity contribution in [1.82, 2.24) is 0 Å². The highest BCUT2D eigenvalue weighted by Crippen LogP contribution is 2.20. The van der Waals surface area contributed by atoms with Gasteiger partial charge in [0.25, 0.3) is 9.05 Å². The first kappa shape index (κ1) is 10.5. The largest absolute Gasteiger partial charge is 0.261 e. The first-order valence-electron chi connectivity index (χ1n) is 3.99. The summed E-state index contributed by atoms with van der Waals surface area (Å²) >= 11 is 0. The minimum atomic E-state index is -3.59. The molecule has 1 aromatic carbocycles. The molecule has 0 atom stereocenters. The van der Waals surface area contributed by atoms with Crippen LogP contribution in [0.15, 0.2) is 23.1 Å². The van der Waals surface area contributed by atoms with Gasteiger partial charge >= 0.3 is 0 Å². The Morgan fingerprint density at radius 3 is 2.46 bits per heavy atom. The predicted octanol–water partition coefficient (Wildman–Crippen LogP) is 2.48. The van der Waals surface area contributed by atoms with Gasteiger partial charge in [-0.25, -0.2) is 8.42 Å². The van der Waals surface area contributed by atoms with E-state index in [1.54, 1.807) is 19.1 Å². The zero-order valence-corrected chi connectivity index (χ0v) is 9.11. The molecule has 0 radical (unpaired) electrons. The maximum absolute atomic E-state index is 11.1. The van der Waals surface area contributed by atoms with Crippen LogP contribution < -0.4 is 0 Å². The molecule has 0 saturated heterocycles. The highest BCUT2D eigenvalue weighted by atomic mass is 35.7. The van der Waals surface area contributed by atoms with Crippen molar-refractivity contribution in [1.29, 1.82) is 0 Å². The third kappa shape index (κ3) is 2.45. The van der Waals surface area contributed by atoms with Gasteiger partial charge in [0.2, 0.25) is 0 Å². The first-order valence-corrected chi connectivity index (χ1v) is 6.30. The minimum absolute atomic E-state index is 0.216. The van der Waals surface area contributed by atoms with Gasteiger partial charge in [0.1, 0.15) is 0 Å². The van der Waals surface area contributed by atoms with Crippen molar-refractivity contribution >= 4 is 19.7 Å². The number of halogens is 1. The van der Waals surface area contributed by atoms with Gasteiger partial charge in [-0.3, -0.25) is 0 Å². The molecular formula is C9H11ClO2S. The van der Waals surface area contributed by atoms with Crippen LogP contribution >= 0.6 is 10.7 Å². The van der Waals surface area contributed by atoms with Crippen LogP contribution in [0.1, 0.15) is 18.1 Å². The summed E-state index contributed by atoms with van der Waals surface area (Å²) in [6.45, 7) is 3.70. The van der Waals surface area contributed by atoms with Crippen molar-refractivity contribution in [3.8, 4) is 0 Å². The van der Waals surface area contributed by atoms with E-state index in [0.717, 1.165) is 12.0 Å². The van der Waals surface area contributed by atoms with Crippen molar-refractivity contribution in [3.63, 3.8) is 0 Å². The summed E-state index contributed by atoms with van der Waals surface area (Å²) in [5.41, 5.74) is 1.66. The van der Waals surface area contributed by atoms with Gasteiger partial charge in [-0.2, -0.15) is 0 Å². The third-order valence-corrected chi connectivity index (χ3v) is 3.39. The van der Waals surface area contributed by atoms with Crippen molar-refractivity contribution in [2.24, 2.45) is 0 Å². The van der Waals surface area contributed by atoms with Crippen LogP contribution in [-0.2, 0) is 15.5 Å². The summed E-state index contributed by atoms with van der Waals surface area (Å²) in [5.74, 6) is 0. The van der Waals surface area contributed by atoms with E-state index in [1.165, 1.54) is 0 Å². The van der Waals surface area contributed by atoms with Crippen molar-refractivity contribution < 1.29 is 8.42 Å². The molecule has 13 heavy (non-hydrogen) atoms. The number of benzene rings is 1. The molecule has 0 fully saturated rings. The van der Waals surface area contributed by atoms with E-state index >= 15 is 0 Å². The Labute approximate surface area is 83.0 Å². The monoisotopic (exact) mass is 218 g/mol. The number of hydrogen-bond acceptors (Lipinski definition) is 2. The molecule has 4 heteroatoms. The lowest BCUT2D eigenvalue weighted by Gasteiger charge is -2.03. The van der Waals surface area contributed by atoms with Crippen LogP contribution in [-0.4, -0.2) is 8.42 Å². The second kappa shape index (κ2) is 3.68. The summed E-state index contributed by atoms with van der Waals surface area (Å²) in [6, 6.07) is 5.30. The van der Waals surface area contributed by atoms with Crippen molar-refractivity contribution in [2.75, 3.05) is 0 Å². The maximum atomic E-state index is 11.1. The molecule has 1 rings (SSSR count). The van der Waals surface area contributed by atoms with Gasteiger partial charge in [-0.05, 0) is 30.5 Å². The fraction of sp³-hybridized carbons (Fsp3) is 0.333. The summed E-state index contributed by atoms with van der Waals surface area (Å²) in [7, 11) is 1.67. The summed E-state index contributed by atoms with van der Waals surface area (Å²) in [6.07, 6.45) is 0.805. The van der Waals surface area contributed by atoms with Crippen LogP contribution in [0.3, 0.4) is 0 Å². The highest BCUT2D eigenvalue weighted by Gasteiger charge is 2.13. The lowest BCUT2D eigenvalue weighted by atomic mass is 10.1. The fourth-order valence-corrected chi connectivity index (χ4v) is 2.37. The van der Waals surface area contributed by atoms with Gasteiger partial charge in [-0.1, -0.05) is 19.1 Å². The normalized spacial score (nSPS) is 11.6. The average molecular weight is 219 g/mol. The van der Waals surface area contributed by atoms with Crippen LogP contribution in [0.5, 0.6) is 0 Å². The molecule has 2 nitrogen and oxygen atoms in total. The Morgan fingerprint density at radius 2 is 2.00 bits per heavy atom. The van der Waals surface area contributed by atoms with Crippen molar-refractivity contribution in [3.05, 3.63) is 29.3 Å². The van der Waals surface area contributed by atoms with E-state index in [1.807, 2.05) is 13.0 Å². The van der Waals surface area contributed by atoms with Gasteiger partial charge in [-0.15, -0.1) is 0 Å². The summed E-state index contributed by atoms with van der Waals surface area (Å²) in [4.78, 5) is 0.216. The Bertz CT molecular complexity index is 410. The van der Waals surface area contributed by atoms with Crippen LogP contribution in [0.4, 0.5) is 0 Å². The number of hydrogen-bond donors (Lipinski definition) is 0. The molecule has 0 unspecified atom stereocenters. The Kier molecular flexibility index (Phi) is 2.98. The van der Waals surface area contributed by atoms with Crippen molar-refractivity contribution in [2.45, 2.75) is 25.2 Å². The molecule has 0 spiro atoms. The van der Waals surface area contributed by atoms with Gasteiger partial charge < -0.3 is 0 Å². The topological polar surface area (TPSA) is 34.1 Å². The Morgan fingerprint density at radius 1 is 1.38 bits per heavy atom. The molecule has 1 aromatic rings. The first-order chi connectivity index (χ1) is 5.95. The fourth-order valence-electron chi connectivity index (χ4n) is 1.13. The predicted molar refractivity (Wildman–Crippen MR) is 53.6 cm³/mol. The maximum Gasteiger partial charge on any atom is 0.261 e. The number of rotatable bonds is 2. The van der Waals surface area contributed by atoms with Crippen LogP contribution in [0, 0.1) is 6.92 Å². The SMILES string of the molecule is CCc1ccc(C)c(S(=O)(=O)Cl)c1. The zero-order valence-electron chi connectivity index (χ0n) is 7.54. The van der Waals surface area contributed by atoms with Crippen LogP contribution in [0.25, 0.3) is 0 Å². The molecule has 0 aromatic heterocycles. The lowest BCUT2D eigenvalue weighted by Crippen LogP contribution is -1.95. The smallest absolute Gasteiger partial charge is 0.207 e. The van der Waals surface area contributed by atoms with E-state index in [0.29, 0.717) is 5.56 Å². The molecule has 0 saturated carbocycles. The Hall–Kier alpha value is -0.540. The van der Waals surface area contributed by atoms with E-state index in [4.69, 9.17) is 10.7 Å². The molecule has 0 aliphatic rings. The van der Waals surface area contributed by atoms with E-state index in [2.05, 4.69) is 0 Å². The standard InChI is InChI=1S/C9H11ClO2S/c1-3-8-5-4-7(2)9(6-8)13(10,11)12/h4-6H,3H2,1-2H3. The second-order valence-electron chi connectivity index (χ2n) is 2.89. The highest BCUT2D eigenvalue weighted by molar-refractivity contribution is 8.13. The van der Waals surface area contributed by atoms with E-state index in [9.17, 15) is 8.42 Å². The minimum Gasteiger partial charge on any atom is -0.207 e. The summed E-state index contributed by atoms with van der Waals surface area (Å²) in [5, 5.41) is 0. The molecule has 0 amide bonds. The van der Waals surface area contributed by atoms with Crippen LogP contribution in [0.2, 0.25) is 0 Å². The zero-order chi connectivity index (χ0) is 10.1. The molecule has 0 N–H and O–H groups in total. The van der Waals surface area contributed by atoms with Gasteiger partial charge in [0, 0.05) is 10.7 Å². The summed E-state index contributed by atoms with van der Waals surface area (Å²) < 4.78 is 22.2. The molecule has 0 bridgehead atoms. The van der Waals surface area contributed by atoms with E-state index in [-0.39, 0.29) is 4.90 Å². The third-order valence-electron chi connectivity index (χ3n) is 1.92. The molecule has 72 valence electrons. The average Bonchev–Trinajstić information content (AvgIpc) is 2.03. The number of aryl methyl sites for hydroxylation is 2. The van der Waals surface area contributed by atoms with Gasteiger partial charge in [0.05, 0.1) is 4.90 Å². The second-order valence-corrected chi connectivity index (χ2v) is 5.43.